The van der Waals surface area contributed by atoms with Crippen LogP contribution in [0.15, 0.2) is 28.7 Å². The van der Waals surface area contributed by atoms with Crippen LogP contribution in [0, 0.1) is 0 Å². The molecule has 0 unspecified atom stereocenters. The summed E-state index contributed by atoms with van der Waals surface area (Å²) >= 11 is 0. The van der Waals surface area contributed by atoms with Gasteiger partial charge in [0.05, 0.1) is 6.54 Å². The van der Waals surface area contributed by atoms with Crippen molar-refractivity contribution in [1.29, 1.82) is 0 Å². The maximum absolute atomic E-state index is 11.0. The van der Waals surface area contributed by atoms with Gasteiger partial charge in [-0.05, 0) is 12.1 Å². The normalized spacial score (nSPS) is 11.2. The number of aromatic carboxylic acids is 1. The predicted molar refractivity (Wildman–Crippen MR) is 65.1 cm³/mol. The van der Waals surface area contributed by atoms with Gasteiger partial charge < -0.3 is 14.8 Å². The largest absolute Gasteiger partial charge is 0.478 e. The summed E-state index contributed by atoms with van der Waals surface area (Å²) in [7, 11) is 0. The molecular weight excluding hydrogens is 218 g/mol. The summed E-state index contributed by atoms with van der Waals surface area (Å²) in [5.74, 6) is -0.212. The zero-order valence-corrected chi connectivity index (χ0v) is 9.86. The number of rotatable bonds is 4. The molecule has 2 rings (SSSR count). The molecule has 0 atom stereocenters. The van der Waals surface area contributed by atoms with Crippen LogP contribution < -0.4 is 5.32 Å². The highest BCUT2D eigenvalue weighted by atomic mass is 16.4. The lowest BCUT2D eigenvalue weighted by Crippen LogP contribution is -2.21. The molecule has 0 amide bonds. The highest BCUT2D eigenvalue weighted by Crippen LogP contribution is 2.23. The van der Waals surface area contributed by atoms with Crippen LogP contribution in [0.2, 0.25) is 0 Å². The summed E-state index contributed by atoms with van der Waals surface area (Å²) in [5.41, 5.74) is 0.652. The van der Waals surface area contributed by atoms with Crippen molar-refractivity contribution in [2.45, 2.75) is 26.4 Å². The molecule has 17 heavy (non-hydrogen) atoms. The minimum atomic E-state index is -0.965. The SMILES string of the molecule is CC(C)NCc1cc2cccc(C(=O)O)c2o1. The molecule has 0 fully saturated rings. The quantitative estimate of drug-likeness (QED) is 0.852. The van der Waals surface area contributed by atoms with Crippen LogP contribution in [0.1, 0.15) is 30.0 Å². The molecule has 1 aromatic carbocycles. The molecular formula is C13H15NO3. The second-order valence-corrected chi connectivity index (χ2v) is 4.28. The number of carboxylic acids is 1. The summed E-state index contributed by atoms with van der Waals surface area (Å²) in [4.78, 5) is 11.0. The number of carbonyl (C=O) groups is 1. The van der Waals surface area contributed by atoms with Gasteiger partial charge in [-0.2, -0.15) is 0 Å². The Balaban J connectivity index is 2.36. The molecule has 4 heteroatoms. The number of carboxylic acid groups (broad SMARTS) is 1. The van der Waals surface area contributed by atoms with Crippen LogP contribution in [-0.2, 0) is 6.54 Å². The van der Waals surface area contributed by atoms with Gasteiger partial charge in [0.25, 0.3) is 0 Å². The Bertz CT molecular complexity index is 543. The Morgan fingerprint density at radius 2 is 2.24 bits per heavy atom. The van der Waals surface area contributed by atoms with Gasteiger partial charge in [0.15, 0.2) is 0 Å². The first-order chi connectivity index (χ1) is 8.08. The van der Waals surface area contributed by atoms with Crippen molar-refractivity contribution in [3.63, 3.8) is 0 Å². The monoisotopic (exact) mass is 233 g/mol. The number of benzene rings is 1. The second-order valence-electron chi connectivity index (χ2n) is 4.28. The highest BCUT2D eigenvalue weighted by molar-refractivity contribution is 6.01. The van der Waals surface area contributed by atoms with Crippen LogP contribution in [0.5, 0.6) is 0 Å². The van der Waals surface area contributed by atoms with Crippen LogP contribution in [0.3, 0.4) is 0 Å². The van der Waals surface area contributed by atoms with Crippen molar-refractivity contribution >= 4 is 16.9 Å². The zero-order valence-electron chi connectivity index (χ0n) is 9.86. The van der Waals surface area contributed by atoms with Crippen molar-refractivity contribution < 1.29 is 14.3 Å². The van der Waals surface area contributed by atoms with E-state index in [9.17, 15) is 4.79 Å². The maximum Gasteiger partial charge on any atom is 0.339 e. The third-order valence-corrected chi connectivity index (χ3v) is 2.51. The minimum Gasteiger partial charge on any atom is -0.478 e. The van der Waals surface area contributed by atoms with Gasteiger partial charge in [0.2, 0.25) is 0 Å². The summed E-state index contributed by atoms with van der Waals surface area (Å²) in [6.07, 6.45) is 0. The molecule has 1 heterocycles. The maximum atomic E-state index is 11.0. The van der Waals surface area contributed by atoms with Crippen molar-refractivity contribution in [2.24, 2.45) is 0 Å². The predicted octanol–water partition coefficient (Wildman–Crippen LogP) is 2.63. The third-order valence-electron chi connectivity index (χ3n) is 2.51. The smallest absolute Gasteiger partial charge is 0.339 e. The molecule has 90 valence electrons. The summed E-state index contributed by atoms with van der Waals surface area (Å²) in [5, 5.41) is 13.1. The van der Waals surface area contributed by atoms with Gasteiger partial charge in [-0.25, -0.2) is 4.79 Å². The highest BCUT2D eigenvalue weighted by Gasteiger charge is 2.12. The lowest BCUT2D eigenvalue weighted by molar-refractivity contribution is 0.0698. The van der Waals surface area contributed by atoms with Gasteiger partial charge in [0, 0.05) is 11.4 Å². The number of furan rings is 1. The van der Waals surface area contributed by atoms with Gasteiger partial charge in [-0.3, -0.25) is 0 Å². The van der Waals surface area contributed by atoms with E-state index in [1.807, 2.05) is 26.0 Å². The van der Waals surface area contributed by atoms with Crippen LogP contribution in [0.4, 0.5) is 0 Å². The second kappa shape index (κ2) is 4.59. The molecule has 0 spiro atoms. The van der Waals surface area contributed by atoms with Crippen LogP contribution in [-0.4, -0.2) is 17.1 Å². The van der Waals surface area contributed by atoms with E-state index in [1.54, 1.807) is 12.1 Å². The summed E-state index contributed by atoms with van der Waals surface area (Å²) in [6.45, 7) is 4.70. The number of fused-ring (bicyclic) bond motifs is 1. The molecule has 0 aliphatic heterocycles. The molecule has 0 saturated heterocycles. The zero-order chi connectivity index (χ0) is 12.4. The first kappa shape index (κ1) is 11.7. The fraction of sp³-hybridized carbons (Fsp3) is 0.308. The van der Waals surface area contributed by atoms with Gasteiger partial charge in [-0.1, -0.05) is 26.0 Å². The first-order valence-electron chi connectivity index (χ1n) is 5.56. The molecule has 0 aliphatic rings. The number of nitrogens with one attached hydrogen (secondary N) is 1. The van der Waals surface area contributed by atoms with Gasteiger partial charge in [0.1, 0.15) is 16.9 Å². The van der Waals surface area contributed by atoms with Gasteiger partial charge >= 0.3 is 5.97 Å². The Morgan fingerprint density at radius 1 is 1.47 bits per heavy atom. The van der Waals surface area contributed by atoms with E-state index >= 15 is 0 Å². The number of hydrogen-bond donors (Lipinski definition) is 2. The standard InChI is InChI=1S/C13H15NO3/c1-8(2)14-7-10-6-9-4-3-5-11(13(15)16)12(9)17-10/h3-6,8,14H,7H2,1-2H3,(H,15,16). The Morgan fingerprint density at radius 3 is 2.88 bits per heavy atom. The van der Waals surface area contributed by atoms with E-state index in [0.717, 1.165) is 11.1 Å². The molecule has 0 aliphatic carbocycles. The Kier molecular flexibility index (Phi) is 3.15. The van der Waals surface area contributed by atoms with E-state index in [2.05, 4.69) is 5.32 Å². The average Bonchev–Trinajstić information content (AvgIpc) is 2.68. The molecule has 1 aromatic heterocycles. The minimum absolute atomic E-state index is 0.207. The topological polar surface area (TPSA) is 62.5 Å². The van der Waals surface area contributed by atoms with Gasteiger partial charge in [-0.15, -0.1) is 0 Å². The number of hydrogen-bond acceptors (Lipinski definition) is 3. The summed E-state index contributed by atoms with van der Waals surface area (Å²) < 4.78 is 5.57. The fourth-order valence-electron chi connectivity index (χ4n) is 1.68. The van der Waals surface area contributed by atoms with E-state index in [4.69, 9.17) is 9.52 Å². The van der Waals surface area contributed by atoms with E-state index in [-0.39, 0.29) is 5.56 Å². The van der Waals surface area contributed by atoms with E-state index < -0.39 is 5.97 Å². The van der Waals surface area contributed by atoms with Crippen LogP contribution in [0.25, 0.3) is 11.0 Å². The first-order valence-corrected chi connectivity index (χ1v) is 5.56. The lowest BCUT2D eigenvalue weighted by atomic mass is 10.1. The van der Waals surface area contributed by atoms with Crippen LogP contribution >= 0.6 is 0 Å². The molecule has 2 N–H and O–H groups in total. The number of para-hydroxylation sites is 1. The van der Waals surface area contributed by atoms with E-state index in [0.29, 0.717) is 18.2 Å². The Hall–Kier alpha value is -1.81. The molecule has 0 saturated carbocycles. The fourth-order valence-corrected chi connectivity index (χ4v) is 1.68. The lowest BCUT2D eigenvalue weighted by Gasteiger charge is -2.04. The van der Waals surface area contributed by atoms with Crippen molar-refractivity contribution in [3.05, 3.63) is 35.6 Å². The van der Waals surface area contributed by atoms with E-state index in [1.165, 1.54) is 0 Å². The van der Waals surface area contributed by atoms with Crippen molar-refractivity contribution in [1.82, 2.24) is 5.32 Å². The summed E-state index contributed by atoms with van der Waals surface area (Å²) in [6, 6.07) is 7.36. The molecule has 2 aromatic rings. The third kappa shape index (κ3) is 2.47. The molecule has 0 radical (unpaired) electrons. The Labute approximate surface area is 99.2 Å². The van der Waals surface area contributed by atoms with Crippen molar-refractivity contribution in [3.8, 4) is 0 Å². The van der Waals surface area contributed by atoms with Crippen molar-refractivity contribution in [2.75, 3.05) is 0 Å². The molecule has 0 bridgehead atoms. The average molecular weight is 233 g/mol. The molecule has 4 nitrogen and oxygen atoms in total.